The van der Waals surface area contributed by atoms with Crippen LogP contribution in [0.25, 0.3) is 0 Å². The molecule has 0 aliphatic heterocycles. The number of hydrogen-bond acceptors (Lipinski definition) is 4. The molecule has 90 valence electrons. The predicted molar refractivity (Wildman–Crippen MR) is 68.8 cm³/mol. The summed E-state index contributed by atoms with van der Waals surface area (Å²) in [5.41, 5.74) is 1.75. The molecule has 0 radical (unpaired) electrons. The molecule has 0 amide bonds. The molecule has 1 aromatic heterocycles. The Morgan fingerprint density at radius 3 is 2.76 bits per heavy atom. The standard InChI is InChI=1S/C12H12ClNO2S/c13-9-1-3-11(4-2-9)16-7-10(15)5-12-6-14-8-17-12/h1-4,6,8,10,15H,5,7H2. The summed E-state index contributed by atoms with van der Waals surface area (Å²) in [5, 5.41) is 10.4. The molecule has 1 unspecified atom stereocenters. The molecule has 0 spiro atoms. The van der Waals surface area contributed by atoms with Gasteiger partial charge in [0.05, 0.1) is 11.6 Å². The van der Waals surface area contributed by atoms with Crippen molar-refractivity contribution in [3.63, 3.8) is 0 Å². The van der Waals surface area contributed by atoms with E-state index in [2.05, 4.69) is 4.98 Å². The van der Waals surface area contributed by atoms with Gasteiger partial charge in [-0.25, -0.2) is 0 Å². The predicted octanol–water partition coefficient (Wildman–Crippen LogP) is 2.78. The summed E-state index contributed by atoms with van der Waals surface area (Å²) in [4.78, 5) is 5.01. The van der Waals surface area contributed by atoms with Gasteiger partial charge in [-0.1, -0.05) is 11.6 Å². The fourth-order valence-corrected chi connectivity index (χ4v) is 2.15. The lowest BCUT2D eigenvalue weighted by Crippen LogP contribution is -2.19. The zero-order chi connectivity index (χ0) is 12.1. The van der Waals surface area contributed by atoms with Crippen LogP contribution >= 0.6 is 22.9 Å². The maximum Gasteiger partial charge on any atom is 0.119 e. The van der Waals surface area contributed by atoms with Gasteiger partial charge in [0.2, 0.25) is 0 Å². The van der Waals surface area contributed by atoms with Gasteiger partial charge in [0, 0.05) is 22.5 Å². The molecule has 17 heavy (non-hydrogen) atoms. The number of rotatable bonds is 5. The van der Waals surface area contributed by atoms with Crippen molar-refractivity contribution < 1.29 is 9.84 Å². The Morgan fingerprint density at radius 1 is 1.35 bits per heavy atom. The maximum absolute atomic E-state index is 9.76. The highest BCUT2D eigenvalue weighted by Gasteiger charge is 2.07. The lowest BCUT2D eigenvalue weighted by molar-refractivity contribution is 0.108. The molecule has 2 rings (SSSR count). The van der Waals surface area contributed by atoms with E-state index in [9.17, 15) is 5.11 Å². The Bertz CT molecular complexity index is 444. The van der Waals surface area contributed by atoms with Gasteiger partial charge in [-0.05, 0) is 24.3 Å². The van der Waals surface area contributed by atoms with Crippen LogP contribution in [0.3, 0.4) is 0 Å². The second-order valence-electron chi connectivity index (χ2n) is 3.59. The van der Waals surface area contributed by atoms with E-state index in [4.69, 9.17) is 16.3 Å². The fourth-order valence-electron chi connectivity index (χ4n) is 1.36. The highest BCUT2D eigenvalue weighted by molar-refractivity contribution is 7.09. The zero-order valence-corrected chi connectivity index (χ0v) is 10.6. The van der Waals surface area contributed by atoms with E-state index in [1.807, 2.05) is 0 Å². The molecule has 0 saturated heterocycles. The van der Waals surface area contributed by atoms with Crippen molar-refractivity contribution in [3.8, 4) is 5.75 Å². The van der Waals surface area contributed by atoms with Gasteiger partial charge in [-0.15, -0.1) is 11.3 Å². The Morgan fingerprint density at radius 2 is 2.12 bits per heavy atom. The van der Waals surface area contributed by atoms with Crippen LogP contribution in [0.2, 0.25) is 5.02 Å². The Labute approximate surface area is 109 Å². The monoisotopic (exact) mass is 269 g/mol. The maximum atomic E-state index is 9.76. The molecule has 0 aliphatic carbocycles. The Kier molecular flexibility index (Phi) is 4.36. The molecule has 0 aliphatic rings. The molecule has 1 heterocycles. The highest BCUT2D eigenvalue weighted by atomic mass is 35.5. The summed E-state index contributed by atoms with van der Waals surface area (Å²) in [7, 11) is 0. The van der Waals surface area contributed by atoms with E-state index in [1.54, 1.807) is 36.0 Å². The molecule has 2 aromatic rings. The van der Waals surface area contributed by atoms with E-state index >= 15 is 0 Å². The largest absolute Gasteiger partial charge is 0.491 e. The van der Waals surface area contributed by atoms with E-state index in [1.165, 1.54) is 11.3 Å². The molecular weight excluding hydrogens is 258 g/mol. The third kappa shape index (κ3) is 4.00. The van der Waals surface area contributed by atoms with Gasteiger partial charge in [0.1, 0.15) is 12.4 Å². The van der Waals surface area contributed by atoms with Crippen LogP contribution < -0.4 is 4.74 Å². The summed E-state index contributed by atoms with van der Waals surface area (Å²) in [6, 6.07) is 7.07. The molecule has 1 N–H and O–H groups in total. The number of aromatic nitrogens is 1. The van der Waals surface area contributed by atoms with Crippen molar-refractivity contribution in [2.45, 2.75) is 12.5 Å². The smallest absolute Gasteiger partial charge is 0.119 e. The minimum absolute atomic E-state index is 0.263. The molecule has 0 fully saturated rings. The first kappa shape index (κ1) is 12.4. The number of hydrogen-bond donors (Lipinski definition) is 1. The highest BCUT2D eigenvalue weighted by Crippen LogP contribution is 2.16. The number of halogens is 1. The third-order valence-electron chi connectivity index (χ3n) is 2.18. The van der Waals surface area contributed by atoms with Crippen molar-refractivity contribution in [1.29, 1.82) is 0 Å². The summed E-state index contributed by atoms with van der Waals surface area (Å²) < 4.78 is 5.45. The molecule has 0 saturated carbocycles. The molecule has 3 nitrogen and oxygen atoms in total. The van der Waals surface area contributed by atoms with Gasteiger partial charge in [0.15, 0.2) is 0 Å². The van der Waals surface area contributed by atoms with Gasteiger partial charge in [-0.3, -0.25) is 4.98 Å². The lowest BCUT2D eigenvalue weighted by Gasteiger charge is -2.11. The van der Waals surface area contributed by atoms with E-state index < -0.39 is 6.10 Å². The van der Waals surface area contributed by atoms with Crippen molar-refractivity contribution in [1.82, 2.24) is 4.98 Å². The lowest BCUT2D eigenvalue weighted by atomic mass is 10.2. The normalized spacial score (nSPS) is 12.4. The van der Waals surface area contributed by atoms with Gasteiger partial charge < -0.3 is 9.84 Å². The third-order valence-corrected chi connectivity index (χ3v) is 3.23. The molecule has 1 aromatic carbocycles. The minimum Gasteiger partial charge on any atom is -0.491 e. The number of ether oxygens (including phenoxy) is 1. The van der Waals surface area contributed by atoms with Gasteiger partial charge in [0.25, 0.3) is 0 Å². The van der Waals surface area contributed by atoms with Crippen LogP contribution in [0.5, 0.6) is 5.75 Å². The number of aliphatic hydroxyl groups excluding tert-OH is 1. The molecule has 5 heteroatoms. The summed E-state index contributed by atoms with van der Waals surface area (Å²) in [6.07, 6.45) is 1.81. The first-order chi connectivity index (χ1) is 8.24. The summed E-state index contributed by atoms with van der Waals surface area (Å²) in [6.45, 7) is 0.263. The SMILES string of the molecule is OC(COc1ccc(Cl)cc1)Cc1cncs1. The minimum atomic E-state index is -0.522. The van der Waals surface area contributed by atoms with Crippen molar-refractivity contribution in [2.75, 3.05) is 6.61 Å². The number of benzene rings is 1. The van der Waals surface area contributed by atoms with Gasteiger partial charge >= 0.3 is 0 Å². The summed E-state index contributed by atoms with van der Waals surface area (Å²) >= 11 is 7.29. The van der Waals surface area contributed by atoms with Crippen molar-refractivity contribution in [3.05, 3.63) is 45.9 Å². The molecule has 0 bridgehead atoms. The van der Waals surface area contributed by atoms with Gasteiger partial charge in [-0.2, -0.15) is 0 Å². The molecular formula is C12H12ClNO2S. The number of aliphatic hydroxyl groups is 1. The Balaban J connectivity index is 1.79. The van der Waals surface area contributed by atoms with Crippen LogP contribution in [0.4, 0.5) is 0 Å². The first-order valence-electron chi connectivity index (χ1n) is 5.18. The second kappa shape index (κ2) is 6.00. The quantitative estimate of drug-likeness (QED) is 0.908. The van der Waals surface area contributed by atoms with Crippen LogP contribution in [0, 0.1) is 0 Å². The average molecular weight is 270 g/mol. The van der Waals surface area contributed by atoms with Crippen molar-refractivity contribution >= 4 is 22.9 Å². The average Bonchev–Trinajstić information content (AvgIpc) is 2.81. The van der Waals surface area contributed by atoms with Crippen LogP contribution in [0.1, 0.15) is 4.88 Å². The van der Waals surface area contributed by atoms with Crippen molar-refractivity contribution in [2.24, 2.45) is 0 Å². The van der Waals surface area contributed by atoms with Crippen LogP contribution in [-0.2, 0) is 6.42 Å². The number of nitrogens with zero attached hydrogens (tertiary/aromatic N) is 1. The van der Waals surface area contributed by atoms with E-state index in [0.717, 1.165) is 4.88 Å². The van der Waals surface area contributed by atoms with E-state index in [0.29, 0.717) is 17.2 Å². The van der Waals surface area contributed by atoms with Crippen LogP contribution in [0.15, 0.2) is 36.0 Å². The second-order valence-corrected chi connectivity index (χ2v) is 5.00. The molecule has 1 atom stereocenters. The number of thiazole rings is 1. The first-order valence-corrected chi connectivity index (χ1v) is 6.43. The zero-order valence-electron chi connectivity index (χ0n) is 9.04. The van der Waals surface area contributed by atoms with Crippen LogP contribution in [-0.4, -0.2) is 22.8 Å². The van der Waals surface area contributed by atoms with E-state index in [-0.39, 0.29) is 6.61 Å². The topological polar surface area (TPSA) is 42.4 Å². The fraction of sp³-hybridized carbons (Fsp3) is 0.250. The summed E-state index contributed by atoms with van der Waals surface area (Å²) in [5.74, 6) is 0.706. The Hall–Kier alpha value is -1.10.